The number of hydrogen-bond acceptors (Lipinski definition) is 5. The molecule has 0 aliphatic rings. The Morgan fingerprint density at radius 3 is 2.55 bits per heavy atom. The first-order valence-corrected chi connectivity index (χ1v) is 10.9. The number of aliphatic hydroxyl groups is 1. The summed E-state index contributed by atoms with van der Waals surface area (Å²) in [6.07, 6.45) is 0.285. The number of nitrogens with one attached hydrogen (secondary N) is 1. The average molecular weight is 432 g/mol. The van der Waals surface area contributed by atoms with Gasteiger partial charge in [-0.05, 0) is 66.2 Å². The van der Waals surface area contributed by atoms with Gasteiger partial charge in [0.15, 0.2) is 5.06 Å². The van der Waals surface area contributed by atoms with Gasteiger partial charge in [-0.1, -0.05) is 35.9 Å². The van der Waals surface area contributed by atoms with Gasteiger partial charge in [-0.3, -0.25) is 0 Å². The molecule has 1 aromatic heterocycles. The van der Waals surface area contributed by atoms with E-state index in [0.29, 0.717) is 24.8 Å². The molecule has 0 fully saturated rings. The van der Waals surface area contributed by atoms with E-state index in [-0.39, 0.29) is 6.04 Å². The fourth-order valence-corrected chi connectivity index (χ4v) is 3.74. The van der Waals surface area contributed by atoms with Gasteiger partial charge < -0.3 is 19.9 Å². The van der Waals surface area contributed by atoms with Crippen molar-refractivity contribution in [3.05, 3.63) is 82.2 Å². The van der Waals surface area contributed by atoms with Crippen LogP contribution >= 0.6 is 22.9 Å². The molecule has 0 saturated heterocycles. The molecule has 3 aromatic rings. The molecule has 0 spiro atoms. The Labute approximate surface area is 181 Å². The van der Waals surface area contributed by atoms with Gasteiger partial charge in [0.2, 0.25) is 0 Å². The standard InChI is InChI=1S/C23H26ClNO3S/c1-17(25-16-22(26)19-4-2-5-20(24)15-19)14-18-7-9-21(10-8-18)27-11-12-28-23-6-3-13-29-23/h2-10,13,15,17,22,25-26H,11-12,14,16H2,1H3. The quantitative estimate of drug-likeness (QED) is 0.414. The predicted octanol–water partition coefficient (Wildman–Crippen LogP) is 5.11. The average Bonchev–Trinajstić information content (AvgIpc) is 3.24. The molecule has 2 N–H and O–H groups in total. The van der Waals surface area contributed by atoms with E-state index in [9.17, 15) is 5.11 Å². The highest BCUT2D eigenvalue weighted by Gasteiger charge is 2.10. The van der Waals surface area contributed by atoms with Crippen LogP contribution in [0.3, 0.4) is 0 Å². The molecule has 29 heavy (non-hydrogen) atoms. The van der Waals surface area contributed by atoms with Gasteiger partial charge in [0.05, 0.1) is 6.10 Å². The van der Waals surface area contributed by atoms with E-state index < -0.39 is 6.10 Å². The Morgan fingerprint density at radius 1 is 1.03 bits per heavy atom. The Bertz CT molecular complexity index is 855. The van der Waals surface area contributed by atoms with Crippen LogP contribution in [0.1, 0.15) is 24.2 Å². The molecule has 1 heterocycles. The summed E-state index contributed by atoms with van der Waals surface area (Å²) in [5, 5.41) is 17.2. The van der Waals surface area contributed by atoms with Crippen LogP contribution in [0.25, 0.3) is 0 Å². The van der Waals surface area contributed by atoms with Crippen LogP contribution in [0.5, 0.6) is 10.8 Å². The highest BCUT2D eigenvalue weighted by atomic mass is 35.5. The number of benzene rings is 2. The molecule has 2 unspecified atom stereocenters. The van der Waals surface area contributed by atoms with E-state index in [2.05, 4.69) is 24.4 Å². The van der Waals surface area contributed by atoms with Crippen LogP contribution in [-0.2, 0) is 6.42 Å². The van der Waals surface area contributed by atoms with Gasteiger partial charge in [0, 0.05) is 17.6 Å². The van der Waals surface area contributed by atoms with Crippen LogP contribution in [0.4, 0.5) is 0 Å². The summed E-state index contributed by atoms with van der Waals surface area (Å²) in [5.41, 5.74) is 2.03. The molecular weight excluding hydrogens is 406 g/mol. The number of ether oxygens (including phenoxy) is 2. The molecule has 0 aliphatic heterocycles. The van der Waals surface area contributed by atoms with E-state index in [1.807, 2.05) is 41.8 Å². The molecule has 0 amide bonds. The van der Waals surface area contributed by atoms with Gasteiger partial charge in [0.25, 0.3) is 0 Å². The van der Waals surface area contributed by atoms with Crippen LogP contribution in [-0.4, -0.2) is 30.9 Å². The summed E-state index contributed by atoms with van der Waals surface area (Å²) >= 11 is 7.56. The predicted molar refractivity (Wildman–Crippen MR) is 119 cm³/mol. The fourth-order valence-electron chi connectivity index (χ4n) is 2.94. The summed E-state index contributed by atoms with van der Waals surface area (Å²) in [5.74, 6) is 0.834. The lowest BCUT2D eigenvalue weighted by Gasteiger charge is -2.18. The lowest BCUT2D eigenvalue weighted by Crippen LogP contribution is -2.32. The first-order valence-electron chi connectivity index (χ1n) is 9.65. The monoisotopic (exact) mass is 431 g/mol. The van der Waals surface area contributed by atoms with E-state index in [1.165, 1.54) is 5.56 Å². The maximum Gasteiger partial charge on any atom is 0.173 e. The van der Waals surface area contributed by atoms with Crippen molar-refractivity contribution in [1.82, 2.24) is 5.32 Å². The zero-order valence-electron chi connectivity index (χ0n) is 16.4. The molecule has 6 heteroatoms. The molecule has 0 radical (unpaired) electrons. The summed E-state index contributed by atoms with van der Waals surface area (Å²) in [7, 11) is 0. The van der Waals surface area contributed by atoms with Gasteiger partial charge in [-0.15, -0.1) is 11.3 Å². The van der Waals surface area contributed by atoms with Crippen molar-refractivity contribution < 1.29 is 14.6 Å². The molecule has 0 bridgehead atoms. The highest BCUT2D eigenvalue weighted by molar-refractivity contribution is 7.11. The largest absolute Gasteiger partial charge is 0.490 e. The SMILES string of the molecule is CC(Cc1ccc(OCCOc2cccs2)cc1)NCC(O)c1cccc(Cl)c1. The number of halogens is 1. The van der Waals surface area contributed by atoms with Crippen molar-refractivity contribution in [2.45, 2.75) is 25.5 Å². The lowest BCUT2D eigenvalue weighted by atomic mass is 10.1. The van der Waals surface area contributed by atoms with Crippen molar-refractivity contribution in [3.63, 3.8) is 0 Å². The maximum atomic E-state index is 10.3. The summed E-state index contributed by atoms with van der Waals surface area (Å²) in [4.78, 5) is 0. The van der Waals surface area contributed by atoms with Gasteiger partial charge >= 0.3 is 0 Å². The van der Waals surface area contributed by atoms with Crippen LogP contribution in [0.15, 0.2) is 66.0 Å². The lowest BCUT2D eigenvalue weighted by molar-refractivity contribution is 0.170. The maximum absolute atomic E-state index is 10.3. The van der Waals surface area contributed by atoms with Crippen molar-refractivity contribution in [2.24, 2.45) is 0 Å². The van der Waals surface area contributed by atoms with Crippen molar-refractivity contribution in [3.8, 4) is 10.8 Å². The topological polar surface area (TPSA) is 50.7 Å². The minimum absolute atomic E-state index is 0.231. The molecule has 4 nitrogen and oxygen atoms in total. The van der Waals surface area contributed by atoms with Crippen LogP contribution < -0.4 is 14.8 Å². The summed E-state index contributed by atoms with van der Waals surface area (Å²) in [6, 6.07) is 19.6. The van der Waals surface area contributed by atoms with Gasteiger partial charge in [0.1, 0.15) is 19.0 Å². The number of thiophene rings is 1. The second-order valence-corrected chi connectivity index (χ2v) is 8.20. The minimum Gasteiger partial charge on any atom is -0.490 e. The zero-order valence-corrected chi connectivity index (χ0v) is 18.0. The third-order valence-corrected chi connectivity index (χ3v) is 5.46. The second-order valence-electron chi connectivity index (χ2n) is 6.86. The Balaban J connectivity index is 1.37. The fraction of sp³-hybridized carbons (Fsp3) is 0.304. The molecule has 154 valence electrons. The first-order chi connectivity index (χ1) is 14.1. The smallest absolute Gasteiger partial charge is 0.173 e. The second kappa shape index (κ2) is 11.2. The minimum atomic E-state index is -0.580. The molecule has 2 atom stereocenters. The van der Waals surface area contributed by atoms with E-state index in [4.69, 9.17) is 21.1 Å². The van der Waals surface area contributed by atoms with E-state index in [0.717, 1.165) is 22.8 Å². The molecule has 0 saturated carbocycles. The van der Waals surface area contributed by atoms with Crippen molar-refractivity contribution >= 4 is 22.9 Å². The summed E-state index contributed by atoms with van der Waals surface area (Å²) < 4.78 is 11.3. The molecule has 3 rings (SSSR count). The third kappa shape index (κ3) is 7.37. The third-order valence-electron chi connectivity index (χ3n) is 4.45. The van der Waals surface area contributed by atoms with Gasteiger partial charge in [-0.2, -0.15) is 0 Å². The van der Waals surface area contributed by atoms with Gasteiger partial charge in [-0.25, -0.2) is 0 Å². The Morgan fingerprint density at radius 2 is 1.83 bits per heavy atom. The van der Waals surface area contributed by atoms with E-state index >= 15 is 0 Å². The highest BCUT2D eigenvalue weighted by Crippen LogP contribution is 2.19. The normalized spacial score (nSPS) is 13.1. The Kier molecular flexibility index (Phi) is 8.38. The molecule has 0 aliphatic carbocycles. The molecular formula is C23H26ClNO3S. The summed E-state index contributed by atoms with van der Waals surface area (Å²) in [6.45, 7) is 3.62. The van der Waals surface area contributed by atoms with E-state index in [1.54, 1.807) is 23.5 Å². The number of rotatable bonds is 11. The zero-order chi connectivity index (χ0) is 20.5. The van der Waals surface area contributed by atoms with Crippen molar-refractivity contribution in [2.75, 3.05) is 19.8 Å². The van der Waals surface area contributed by atoms with Crippen LogP contribution in [0.2, 0.25) is 5.02 Å². The Hall–Kier alpha value is -2.05. The number of hydrogen-bond donors (Lipinski definition) is 2. The molecule has 2 aromatic carbocycles. The van der Waals surface area contributed by atoms with Crippen LogP contribution in [0, 0.1) is 0 Å². The number of aliphatic hydroxyl groups excluding tert-OH is 1. The first kappa shape index (κ1) is 21.7. The van der Waals surface area contributed by atoms with Crippen molar-refractivity contribution in [1.29, 1.82) is 0 Å².